The summed E-state index contributed by atoms with van der Waals surface area (Å²) in [5.74, 6) is 0.945. The maximum Gasteiger partial charge on any atom is 0.272 e. The normalized spacial score (nSPS) is 10.7. The average Bonchev–Trinajstić information content (AvgIpc) is 2.69. The maximum absolute atomic E-state index is 12.7. The molecule has 1 N–H and O–H groups in total. The summed E-state index contributed by atoms with van der Waals surface area (Å²) in [6.07, 6.45) is 1.41. The number of hydrogen-bond acceptors (Lipinski definition) is 4. The summed E-state index contributed by atoms with van der Waals surface area (Å²) >= 11 is 0. The van der Waals surface area contributed by atoms with Crippen LogP contribution >= 0.6 is 0 Å². The maximum atomic E-state index is 12.7. The van der Waals surface area contributed by atoms with E-state index in [4.69, 9.17) is 0 Å². The Labute approximate surface area is 160 Å². The lowest BCUT2D eigenvalue weighted by Crippen LogP contribution is -2.27. The number of nitrogens with one attached hydrogen (secondary N) is 1. The molecule has 27 heavy (non-hydrogen) atoms. The molecule has 1 heterocycles. The number of aromatic nitrogens is 2. The van der Waals surface area contributed by atoms with Gasteiger partial charge in [0.15, 0.2) is 0 Å². The zero-order valence-corrected chi connectivity index (χ0v) is 15.9. The number of rotatable bonds is 6. The largest absolute Gasteiger partial charge is 0.340 e. The van der Waals surface area contributed by atoms with Crippen molar-refractivity contribution >= 4 is 17.4 Å². The van der Waals surface area contributed by atoms with Gasteiger partial charge in [0.1, 0.15) is 17.8 Å². The molecule has 0 bridgehead atoms. The molecule has 1 amide bonds. The molecule has 1 aromatic heterocycles. The van der Waals surface area contributed by atoms with Crippen LogP contribution in [0.4, 0.5) is 11.5 Å². The number of amides is 1. The highest BCUT2D eigenvalue weighted by Crippen LogP contribution is 2.20. The minimum atomic E-state index is -0.139. The second-order valence-electron chi connectivity index (χ2n) is 6.84. The van der Waals surface area contributed by atoms with E-state index in [2.05, 4.69) is 41.3 Å². The lowest BCUT2D eigenvalue weighted by atomic mass is 10.0. The fraction of sp³-hybridized carbons (Fsp3) is 0.227. The minimum absolute atomic E-state index is 0.139. The van der Waals surface area contributed by atoms with E-state index in [0.29, 0.717) is 24.0 Å². The Kier molecular flexibility index (Phi) is 5.81. The van der Waals surface area contributed by atoms with Gasteiger partial charge in [-0.15, -0.1) is 0 Å². The van der Waals surface area contributed by atoms with Crippen LogP contribution in [0.5, 0.6) is 0 Å². The number of carbonyl (C=O) groups is 1. The van der Waals surface area contributed by atoms with Gasteiger partial charge in [-0.2, -0.15) is 0 Å². The van der Waals surface area contributed by atoms with E-state index < -0.39 is 0 Å². The Morgan fingerprint density at radius 3 is 2.41 bits per heavy atom. The molecule has 5 heteroatoms. The van der Waals surface area contributed by atoms with E-state index >= 15 is 0 Å². The molecule has 0 atom stereocenters. The van der Waals surface area contributed by atoms with Gasteiger partial charge in [0.05, 0.1) is 0 Å². The SMILES string of the molecule is CC(C)c1ccc(Nc2cc(C(=O)N(C)Cc3ccccc3)ncn2)cc1. The smallest absolute Gasteiger partial charge is 0.272 e. The quantitative estimate of drug-likeness (QED) is 0.697. The highest BCUT2D eigenvalue weighted by Gasteiger charge is 2.14. The summed E-state index contributed by atoms with van der Waals surface area (Å²) in [6, 6.07) is 19.8. The van der Waals surface area contributed by atoms with Gasteiger partial charge >= 0.3 is 0 Å². The van der Waals surface area contributed by atoms with Gasteiger partial charge < -0.3 is 10.2 Å². The molecule has 0 fully saturated rings. The third kappa shape index (κ3) is 4.91. The van der Waals surface area contributed by atoms with Crippen LogP contribution in [0, 0.1) is 0 Å². The van der Waals surface area contributed by atoms with Crippen LogP contribution in [-0.4, -0.2) is 27.8 Å². The molecular formula is C22H24N4O. The molecule has 0 spiro atoms. The Morgan fingerprint density at radius 1 is 1.04 bits per heavy atom. The third-order valence-corrected chi connectivity index (χ3v) is 4.35. The van der Waals surface area contributed by atoms with Crippen molar-refractivity contribution in [1.29, 1.82) is 0 Å². The number of anilines is 2. The second-order valence-corrected chi connectivity index (χ2v) is 6.84. The number of benzene rings is 2. The molecular weight excluding hydrogens is 336 g/mol. The Morgan fingerprint density at radius 2 is 1.74 bits per heavy atom. The van der Waals surface area contributed by atoms with E-state index in [-0.39, 0.29) is 5.91 Å². The van der Waals surface area contributed by atoms with Crippen molar-refractivity contribution < 1.29 is 4.79 Å². The Hall–Kier alpha value is -3.21. The molecule has 0 aliphatic heterocycles. The molecule has 0 aliphatic carbocycles. The molecule has 3 aromatic rings. The van der Waals surface area contributed by atoms with Crippen LogP contribution in [0.2, 0.25) is 0 Å². The van der Waals surface area contributed by atoms with E-state index in [1.165, 1.54) is 11.9 Å². The standard InChI is InChI=1S/C22H24N4O/c1-16(2)18-9-11-19(12-10-18)25-21-13-20(23-15-24-21)22(27)26(3)14-17-7-5-4-6-8-17/h4-13,15-16H,14H2,1-3H3,(H,23,24,25). The van der Waals surface area contributed by atoms with Crippen molar-refractivity contribution in [2.24, 2.45) is 0 Å². The monoisotopic (exact) mass is 360 g/mol. The van der Waals surface area contributed by atoms with E-state index in [1.54, 1.807) is 18.0 Å². The summed E-state index contributed by atoms with van der Waals surface area (Å²) in [5, 5.41) is 3.23. The van der Waals surface area contributed by atoms with Crippen LogP contribution in [0.25, 0.3) is 0 Å². The zero-order chi connectivity index (χ0) is 19.2. The first-order chi connectivity index (χ1) is 13.0. The minimum Gasteiger partial charge on any atom is -0.340 e. The molecule has 0 radical (unpaired) electrons. The van der Waals surface area contributed by atoms with Crippen molar-refractivity contribution in [1.82, 2.24) is 14.9 Å². The van der Waals surface area contributed by atoms with Crippen LogP contribution in [0.15, 0.2) is 67.0 Å². The summed E-state index contributed by atoms with van der Waals surface area (Å²) < 4.78 is 0. The van der Waals surface area contributed by atoms with Crippen LogP contribution < -0.4 is 5.32 Å². The summed E-state index contributed by atoms with van der Waals surface area (Å²) in [4.78, 5) is 22.7. The van der Waals surface area contributed by atoms with Crippen molar-refractivity contribution in [2.75, 3.05) is 12.4 Å². The molecule has 0 unspecified atom stereocenters. The first-order valence-corrected chi connectivity index (χ1v) is 9.01. The summed E-state index contributed by atoms with van der Waals surface area (Å²) in [5.41, 5.74) is 3.64. The lowest BCUT2D eigenvalue weighted by Gasteiger charge is -2.17. The molecule has 0 saturated carbocycles. The van der Waals surface area contributed by atoms with Gasteiger partial charge in [0.2, 0.25) is 0 Å². The molecule has 138 valence electrons. The first-order valence-electron chi connectivity index (χ1n) is 9.01. The van der Waals surface area contributed by atoms with Crippen molar-refractivity contribution in [2.45, 2.75) is 26.3 Å². The van der Waals surface area contributed by atoms with Crippen molar-refractivity contribution in [3.05, 3.63) is 83.8 Å². The van der Waals surface area contributed by atoms with Gasteiger partial charge in [-0.25, -0.2) is 9.97 Å². The molecule has 0 aliphatic rings. The van der Waals surface area contributed by atoms with Crippen LogP contribution in [0.3, 0.4) is 0 Å². The van der Waals surface area contributed by atoms with E-state index in [0.717, 1.165) is 11.3 Å². The highest BCUT2D eigenvalue weighted by atomic mass is 16.2. The summed E-state index contributed by atoms with van der Waals surface area (Å²) in [6.45, 7) is 4.86. The predicted octanol–water partition coefficient (Wildman–Crippen LogP) is 4.62. The lowest BCUT2D eigenvalue weighted by molar-refractivity contribution is 0.0779. The van der Waals surface area contributed by atoms with Crippen LogP contribution in [-0.2, 0) is 6.54 Å². The van der Waals surface area contributed by atoms with Crippen molar-refractivity contribution in [3.63, 3.8) is 0 Å². The average molecular weight is 360 g/mol. The zero-order valence-electron chi connectivity index (χ0n) is 15.9. The van der Waals surface area contributed by atoms with E-state index in [1.807, 2.05) is 42.5 Å². The molecule has 2 aromatic carbocycles. The Bertz CT molecular complexity index is 892. The third-order valence-electron chi connectivity index (χ3n) is 4.35. The molecule has 3 rings (SSSR count). The predicted molar refractivity (Wildman–Crippen MR) is 108 cm³/mol. The summed E-state index contributed by atoms with van der Waals surface area (Å²) in [7, 11) is 1.77. The first kappa shape index (κ1) is 18.6. The van der Waals surface area contributed by atoms with Gasteiger partial charge in [0, 0.05) is 25.3 Å². The van der Waals surface area contributed by atoms with Gasteiger partial charge in [-0.05, 0) is 29.2 Å². The van der Waals surface area contributed by atoms with E-state index in [9.17, 15) is 4.79 Å². The fourth-order valence-corrected chi connectivity index (χ4v) is 2.77. The number of carbonyl (C=O) groups excluding carboxylic acids is 1. The van der Waals surface area contributed by atoms with Crippen molar-refractivity contribution in [3.8, 4) is 0 Å². The number of nitrogens with zero attached hydrogens (tertiary/aromatic N) is 3. The molecule has 5 nitrogen and oxygen atoms in total. The second kappa shape index (κ2) is 8.45. The molecule has 0 saturated heterocycles. The highest BCUT2D eigenvalue weighted by molar-refractivity contribution is 5.92. The van der Waals surface area contributed by atoms with Crippen LogP contribution in [0.1, 0.15) is 41.4 Å². The van der Waals surface area contributed by atoms with Gasteiger partial charge in [0.25, 0.3) is 5.91 Å². The number of hydrogen-bond donors (Lipinski definition) is 1. The van der Waals surface area contributed by atoms with Gasteiger partial charge in [-0.1, -0.05) is 56.3 Å². The Balaban J connectivity index is 1.70. The fourth-order valence-electron chi connectivity index (χ4n) is 2.77. The van der Waals surface area contributed by atoms with Gasteiger partial charge in [-0.3, -0.25) is 4.79 Å². The topological polar surface area (TPSA) is 58.1 Å².